The van der Waals surface area contributed by atoms with E-state index < -0.39 is 18.6 Å². The maximum absolute atomic E-state index is 12.0. The summed E-state index contributed by atoms with van der Waals surface area (Å²) in [5, 5.41) is 5.28. The van der Waals surface area contributed by atoms with E-state index in [4.69, 9.17) is 0 Å². The van der Waals surface area contributed by atoms with Crippen molar-refractivity contribution >= 4 is 5.91 Å². The van der Waals surface area contributed by atoms with Gasteiger partial charge in [-0.2, -0.15) is 13.2 Å². The Morgan fingerprint density at radius 2 is 2.19 bits per heavy atom. The van der Waals surface area contributed by atoms with E-state index in [9.17, 15) is 18.0 Å². The number of carbonyl (C=O) groups is 1. The van der Waals surface area contributed by atoms with Gasteiger partial charge in [-0.3, -0.25) is 4.79 Å². The molecule has 0 fully saturated rings. The second kappa shape index (κ2) is 6.51. The predicted molar refractivity (Wildman–Crippen MR) is 72.9 cm³/mol. The van der Waals surface area contributed by atoms with Gasteiger partial charge in [-0.1, -0.05) is 6.92 Å². The normalized spacial score (nSPS) is 18.4. The summed E-state index contributed by atoms with van der Waals surface area (Å²) < 4.78 is 37.8. The van der Waals surface area contributed by atoms with Crippen LogP contribution >= 0.6 is 0 Å². The minimum atomic E-state index is -4.37. The van der Waals surface area contributed by atoms with Crippen LogP contribution in [0.1, 0.15) is 36.9 Å². The topological polar surface area (TPSA) is 46.1 Å². The van der Waals surface area contributed by atoms with Gasteiger partial charge in [-0.25, -0.2) is 0 Å². The lowest BCUT2D eigenvalue weighted by Gasteiger charge is -2.22. The van der Waals surface area contributed by atoms with Crippen LogP contribution in [0.4, 0.5) is 13.2 Å². The number of fused-ring (bicyclic) bond motifs is 1. The van der Waals surface area contributed by atoms with Crippen molar-refractivity contribution in [2.45, 2.75) is 44.9 Å². The minimum Gasteiger partial charge on any atom is -0.345 e. The first-order valence-corrected chi connectivity index (χ1v) is 7.14. The van der Waals surface area contributed by atoms with Crippen LogP contribution in [0.5, 0.6) is 0 Å². The molecule has 0 bridgehead atoms. The molecule has 1 unspecified atom stereocenters. The zero-order chi connectivity index (χ0) is 15.5. The average Bonchev–Trinajstić information content (AvgIpc) is 2.79. The molecule has 1 heterocycles. The first-order chi connectivity index (χ1) is 9.89. The molecule has 2 rings (SSSR count). The van der Waals surface area contributed by atoms with Crippen LogP contribution in [0.2, 0.25) is 0 Å². The van der Waals surface area contributed by atoms with Gasteiger partial charge in [0.1, 0.15) is 13.1 Å². The summed E-state index contributed by atoms with van der Waals surface area (Å²) in [4.78, 5) is 11.5. The van der Waals surface area contributed by atoms with E-state index in [1.807, 2.05) is 24.6 Å². The van der Waals surface area contributed by atoms with Crippen LogP contribution in [0.25, 0.3) is 0 Å². The molecule has 1 amide bonds. The third-order valence-electron chi connectivity index (χ3n) is 3.57. The van der Waals surface area contributed by atoms with E-state index in [-0.39, 0.29) is 12.6 Å². The monoisotopic (exact) mass is 303 g/mol. The van der Waals surface area contributed by atoms with Crippen LogP contribution in [0, 0.1) is 0 Å². The van der Waals surface area contributed by atoms with Crippen LogP contribution in [-0.4, -0.2) is 29.7 Å². The van der Waals surface area contributed by atoms with E-state index in [0.29, 0.717) is 0 Å². The van der Waals surface area contributed by atoms with Gasteiger partial charge >= 0.3 is 6.18 Å². The van der Waals surface area contributed by atoms with Gasteiger partial charge in [0.2, 0.25) is 5.91 Å². The number of nitrogens with zero attached hydrogens (tertiary/aromatic N) is 1. The molecule has 7 heteroatoms. The number of amides is 1. The first-order valence-electron chi connectivity index (χ1n) is 7.14. The molecule has 118 valence electrons. The molecule has 2 N–H and O–H groups in total. The van der Waals surface area contributed by atoms with Gasteiger partial charge in [0, 0.05) is 18.4 Å². The summed E-state index contributed by atoms with van der Waals surface area (Å²) in [5.41, 5.74) is 2.34. The molecule has 4 nitrogen and oxygen atoms in total. The lowest BCUT2D eigenvalue weighted by Crippen LogP contribution is -2.35. The fourth-order valence-corrected chi connectivity index (χ4v) is 2.72. The molecule has 0 aromatic carbocycles. The second-order valence-corrected chi connectivity index (χ2v) is 5.31. The Hall–Kier alpha value is -1.50. The zero-order valence-corrected chi connectivity index (χ0v) is 12.0. The molecule has 1 aromatic heterocycles. The number of aromatic nitrogens is 1. The summed E-state index contributed by atoms with van der Waals surface area (Å²) in [7, 11) is 0. The van der Waals surface area contributed by atoms with Crippen molar-refractivity contribution < 1.29 is 18.0 Å². The van der Waals surface area contributed by atoms with Crippen molar-refractivity contribution in [3.05, 3.63) is 23.5 Å². The van der Waals surface area contributed by atoms with Crippen LogP contribution in [0.3, 0.4) is 0 Å². The number of nitrogens with one attached hydrogen (secondary N) is 2. The largest absolute Gasteiger partial charge is 0.405 e. The van der Waals surface area contributed by atoms with Crippen molar-refractivity contribution in [3.8, 4) is 0 Å². The number of rotatable bonds is 5. The predicted octanol–water partition coefficient (Wildman–Crippen LogP) is 2.15. The molecule has 21 heavy (non-hydrogen) atoms. The summed E-state index contributed by atoms with van der Waals surface area (Å²) in [5.74, 6) is -0.625. The highest BCUT2D eigenvalue weighted by Crippen LogP contribution is 2.30. The summed E-state index contributed by atoms with van der Waals surface area (Å²) in [6, 6.07) is 0.276. The number of aryl methyl sites for hydroxylation is 1. The molecule has 1 atom stereocenters. The van der Waals surface area contributed by atoms with Crippen molar-refractivity contribution in [1.29, 1.82) is 0 Å². The van der Waals surface area contributed by atoms with E-state index in [2.05, 4.69) is 5.32 Å². The molecule has 0 radical (unpaired) electrons. The van der Waals surface area contributed by atoms with Crippen molar-refractivity contribution in [2.24, 2.45) is 0 Å². The average molecular weight is 303 g/mol. The Bertz CT molecular complexity index is 496. The van der Waals surface area contributed by atoms with Crippen molar-refractivity contribution in [3.63, 3.8) is 0 Å². The lowest BCUT2D eigenvalue weighted by molar-refractivity contribution is -0.138. The smallest absolute Gasteiger partial charge is 0.345 e. The van der Waals surface area contributed by atoms with Gasteiger partial charge in [0.25, 0.3) is 0 Å². The van der Waals surface area contributed by atoms with Crippen LogP contribution < -0.4 is 10.6 Å². The number of alkyl halides is 3. The van der Waals surface area contributed by atoms with Crippen LogP contribution in [0.15, 0.2) is 12.4 Å². The molecule has 1 aliphatic rings. The van der Waals surface area contributed by atoms with Gasteiger partial charge in [0.15, 0.2) is 0 Å². The van der Waals surface area contributed by atoms with Gasteiger partial charge < -0.3 is 15.2 Å². The number of carbonyl (C=O) groups excluding carboxylic acids is 1. The van der Waals surface area contributed by atoms with Crippen molar-refractivity contribution in [1.82, 2.24) is 15.2 Å². The lowest BCUT2D eigenvalue weighted by atomic mass is 9.91. The first kappa shape index (κ1) is 15.9. The molecular formula is C14H20F3N3O. The highest BCUT2D eigenvalue weighted by molar-refractivity contribution is 5.75. The number of halogens is 3. The minimum absolute atomic E-state index is 0.0814. The Balaban J connectivity index is 1.97. The third-order valence-corrected chi connectivity index (χ3v) is 3.57. The summed E-state index contributed by atoms with van der Waals surface area (Å²) >= 11 is 0. The van der Waals surface area contributed by atoms with Gasteiger partial charge in [0.05, 0.1) is 0 Å². The SMILES string of the molecule is CCNC1CCCc2cn(CC(=O)NCC(F)(F)F)cc21. The van der Waals surface area contributed by atoms with E-state index in [1.54, 1.807) is 4.57 Å². The summed E-state index contributed by atoms with van der Waals surface area (Å²) in [6.07, 6.45) is 2.44. The Morgan fingerprint density at radius 1 is 1.43 bits per heavy atom. The molecule has 0 saturated heterocycles. The van der Waals surface area contributed by atoms with Crippen LogP contribution in [-0.2, 0) is 17.8 Å². The van der Waals surface area contributed by atoms with Crippen molar-refractivity contribution in [2.75, 3.05) is 13.1 Å². The Morgan fingerprint density at radius 3 is 2.86 bits per heavy atom. The fraction of sp³-hybridized carbons (Fsp3) is 0.643. The standard InChI is InChI=1S/C14H20F3N3O/c1-2-18-12-5-3-4-10-6-20(7-11(10)12)8-13(21)19-9-14(15,16)17/h6-7,12,18H,2-5,8-9H2,1H3,(H,19,21). The maximum atomic E-state index is 12.0. The quantitative estimate of drug-likeness (QED) is 0.875. The number of hydrogen-bond acceptors (Lipinski definition) is 2. The fourth-order valence-electron chi connectivity index (χ4n) is 2.72. The Kier molecular flexibility index (Phi) is 4.92. The summed E-state index contributed by atoms with van der Waals surface area (Å²) in [6.45, 7) is 1.53. The Labute approximate surface area is 121 Å². The molecule has 0 aliphatic heterocycles. The molecule has 0 spiro atoms. The highest BCUT2D eigenvalue weighted by atomic mass is 19.4. The third kappa shape index (κ3) is 4.49. The molecular weight excluding hydrogens is 283 g/mol. The maximum Gasteiger partial charge on any atom is 0.405 e. The van der Waals surface area contributed by atoms with E-state index >= 15 is 0 Å². The van der Waals surface area contributed by atoms with E-state index in [1.165, 1.54) is 5.56 Å². The molecule has 0 saturated carbocycles. The second-order valence-electron chi connectivity index (χ2n) is 5.31. The highest BCUT2D eigenvalue weighted by Gasteiger charge is 2.28. The van der Waals surface area contributed by atoms with E-state index in [0.717, 1.165) is 31.4 Å². The molecule has 1 aromatic rings. The molecule has 1 aliphatic carbocycles. The number of hydrogen-bond donors (Lipinski definition) is 2. The van der Waals surface area contributed by atoms with Gasteiger partial charge in [-0.05, 0) is 36.9 Å². The zero-order valence-electron chi connectivity index (χ0n) is 12.0. The van der Waals surface area contributed by atoms with Gasteiger partial charge in [-0.15, -0.1) is 0 Å².